The predicted octanol–water partition coefficient (Wildman–Crippen LogP) is 3.11. The number of benzene rings is 4. The van der Waals surface area contributed by atoms with Crippen LogP contribution in [0.15, 0.2) is 126 Å². The minimum atomic E-state index is -2.48. The summed E-state index contributed by atoms with van der Waals surface area (Å²) in [5, 5.41) is 7.01. The lowest BCUT2D eigenvalue weighted by Crippen LogP contribution is -3.00. The first-order valence-corrected chi connectivity index (χ1v) is 12.7. The maximum Gasteiger partial charge on any atom is 0.258 e. The Hall–Kier alpha value is -2.61. The number of halogens is 3. The van der Waals surface area contributed by atoms with E-state index in [2.05, 4.69) is 41.7 Å². The van der Waals surface area contributed by atoms with Gasteiger partial charge in [0, 0.05) is 10.6 Å². The highest BCUT2D eigenvalue weighted by Crippen LogP contribution is 2.61. The number of rotatable bonds is 6. The molecule has 4 aromatic carbocycles. The van der Waals surface area contributed by atoms with Gasteiger partial charge >= 0.3 is 0 Å². The van der Waals surface area contributed by atoms with Gasteiger partial charge in [0.2, 0.25) is 0 Å². The molecule has 0 saturated heterocycles. The topological polar surface area (TPSA) is 29.1 Å². The molecule has 0 atom stereocenters. The summed E-state index contributed by atoms with van der Waals surface area (Å²) in [6.45, 7) is 0. The van der Waals surface area contributed by atoms with Crippen molar-refractivity contribution in [3.05, 3.63) is 137 Å². The van der Waals surface area contributed by atoms with Gasteiger partial charge in [-0.2, -0.15) is 0 Å². The van der Waals surface area contributed by atoms with Crippen LogP contribution in [0.5, 0.6) is 0 Å². The van der Waals surface area contributed by atoms with E-state index in [1.165, 1.54) is 5.54 Å². The summed E-state index contributed by atoms with van der Waals surface area (Å²) in [5.41, 5.74) is 2.69. The van der Waals surface area contributed by atoms with Crippen molar-refractivity contribution in [2.75, 3.05) is 0 Å². The van der Waals surface area contributed by atoms with Gasteiger partial charge in [0.15, 0.2) is 12.7 Å². The number of hydrogen-bond acceptors (Lipinski definition) is 1. The van der Waals surface area contributed by atoms with Crippen molar-refractivity contribution in [2.24, 2.45) is 0 Å². The third-order valence-corrected chi connectivity index (χ3v) is 10.0. The van der Waals surface area contributed by atoms with Gasteiger partial charge in [-0.05, 0) is 60.7 Å². The summed E-state index contributed by atoms with van der Waals surface area (Å²) in [7, 11) is -2.48. The highest BCUT2D eigenvalue weighted by atomic mass is 35.5. The number of carbonyl (C=O) groups excluding carboxylic acids is 1. The van der Waals surface area contributed by atoms with Gasteiger partial charge in [-0.15, -0.1) is 0 Å². The molecule has 0 aliphatic carbocycles. The van der Waals surface area contributed by atoms with Crippen molar-refractivity contribution in [1.29, 1.82) is 0 Å². The summed E-state index contributed by atoms with van der Waals surface area (Å²) < 4.78 is 0. The lowest BCUT2D eigenvalue weighted by molar-refractivity contribution is -0.0000143. The first-order valence-electron chi connectivity index (χ1n) is 10.1. The highest BCUT2D eigenvalue weighted by Gasteiger charge is 2.50. The number of amides is 1. The van der Waals surface area contributed by atoms with Crippen LogP contribution < -0.4 is 33.6 Å². The van der Waals surface area contributed by atoms with Gasteiger partial charge in [0.25, 0.3) is 5.91 Å². The van der Waals surface area contributed by atoms with Crippen LogP contribution in [0.1, 0.15) is 10.4 Å². The van der Waals surface area contributed by atoms with Crippen molar-refractivity contribution in [1.82, 2.24) is 5.32 Å². The van der Waals surface area contributed by atoms with E-state index >= 15 is 0 Å². The Bertz CT molecular complexity index is 1120. The second kappa shape index (κ2) is 11.5. The fraction of sp³-hybridized carbons (Fsp3) is 0. The zero-order valence-electron chi connectivity index (χ0n) is 17.5. The molecular formula is C27H21Cl3NOP. The molecule has 6 heteroatoms. The Kier molecular flexibility index (Phi) is 8.72. The molecule has 0 aliphatic rings. The zero-order chi connectivity index (χ0) is 22.4. The highest BCUT2D eigenvalue weighted by molar-refractivity contribution is 7.99. The van der Waals surface area contributed by atoms with Crippen LogP contribution in [0.25, 0.3) is 0 Å². The molecule has 33 heavy (non-hydrogen) atoms. The summed E-state index contributed by atoms with van der Waals surface area (Å²) in [6.07, 6.45) is 0. The zero-order valence-corrected chi connectivity index (χ0v) is 20.7. The average molecular weight is 513 g/mol. The molecule has 4 rings (SSSR count). The lowest BCUT2D eigenvalue weighted by Gasteiger charge is -2.29. The van der Waals surface area contributed by atoms with Crippen LogP contribution in [-0.2, 0) is 0 Å². The van der Waals surface area contributed by atoms with E-state index in [1.807, 2.05) is 54.6 Å². The van der Waals surface area contributed by atoms with E-state index in [9.17, 15) is 4.79 Å². The molecule has 0 spiro atoms. The number of hydrogen-bond donors (Lipinski definition) is 1. The van der Waals surface area contributed by atoms with Crippen LogP contribution in [0, 0.1) is 0 Å². The van der Waals surface area contributed by atoms with Crippen molar-refractivity contribution < 1.29 is 17.2 Å². The molecule has 0 unspecified atom stereocenters. The quantitative estimate of drug-likeness (QED) is 0.395. The minimum Gasteiger partial charge on any atom is -1.00 e. The number of carbonyl (C=O) groups is 1. The van der Waals surface area contributed by atoms with E-state index in [1.54, 1.807) is 24.3 Å². The van der Waals surface area contributed by atoms with E-state index < -0.39 is 7.26 Å². The number of nitrogens with one attached hydrogen (secondary N) is 1. The van der Waals surface area contributed by atoms with Crippen molar-refractivity contribution in [3.8, 4) is 0 Å². The molecular weight excluding hydrogens is 492 g/mol. The summed E-state index contributed by atoms with van der Waals surface area (Å²) in [5.74, 6) is -0.235. The molecule has 0 fully saturated rings. The molecule has 1 amide bonds. The Morgan fingerprint density at radius 1 is 0.667 bits per heavy atom. The first-order chi connectivity index (χ1) is 15.7. The van der Waals surface area contributed by atoms with Gasteiger partial charge in [0.1, 0.15) is 15.9 Å². The Morgan fingerprint density at radius 2 is 1.06 bits per heavy atom. The molecule has 0 aromatic heterocycles. The minimum absolute atomic E-state index is 0. The molecule has 1 N–H and O–H groups in total. The Morgan fingerprint density at radius 3 is 1.42 bits per heavy atom. The van der Waals surface area contributed by atoms with Gasteiger partial charge in [0.05, 0.1) is 5.54 Å². The van der Waals surface area contributed by atoms with Crippen molar-refractivity contribution in [2.45, 2.75) is 0 Å². The van der Waals surface area contributed by atoms with Gasteiger partial charge in [-0.3, -0.25) is 10.1 Å². The molecule has 0 heterocycles. The van der Waals surface area contributed by atoms with E-state index in [-0.39, 0.29) is 18.3 Å². The fourth-order valence-electron chi connectivity index (χ4n) is 3.79. The summed E-state index contributed by atoms with van der Waals surface area (Å²) in [4.78, 5) is 13.2. The largest absolute Gasteiger partial charge is 1.00 e. The second-order valence-corrected chi connectivity index (χ2v) is 11.2. The Labute approximate surface area is 211 Å². The lowest BCUT2D eigenvalue weighted by atomic mass is 10.2. The smallest absolute Gasteiger partial charge is 0.258 e. The second-order valence-electron chi connectivity index (χ2n) is 7.13. The summed E-state index contributed by atoms with van der Waals surface area (Å²) >= 11 is 12.5. The summed E-state index contributed by atoms with van der Waals surface area (Å²) in [6, 6.07) is 37.5. The third kappa shape index (κ3) is 5.16. The van der Waals surface area contributed by atoms with Crippen LogP contribution in [0.2, 0.25) is 5.02 Å². The standard InChI is InChI=1S/C27H20Cl2NOP.ClH/c28-20-26(30-27(31)21-16-18-22(29)19-17-21)32(23-10-4-1-5-11-23,24-12-6-2-7-13-24)25-14-8-3-9-15-25;/h1-20H;1H/b26-20-;. The molecule has 0 bridgehead atoms. The van der Waals surface area contributed by atoms with Gasteiger partial charge < -0.3 is 12.4 Å². The van der Waals surface area contributed by atoms with E-state index in [0.717, 1.165) is 15.9 Å². The van der Waals surface area contributed by atoms with Crippen LogP contribution in [0.4, 0.5) is 0 Å². The van der Waals surface area contributed by atoms with Crippen molar-refractivity contribution >= 4 is 52.3 Å². The molecule has 166 valence electrons. The van der Waals surface area contributed by atoms with Crippen LogP contribution >= 0.6 is 30.5 Å². The van der Waals surface area contributed by atoms with Crippen LogP contribution in [0.3, 0.4) is 0 Å². The predicted molar refractivity (Wildman–Crippen MR) is 138 cm³/mol. The molecule has 0 aliphatic heterocycles. The monoisotopic (exact) mass is 511 g/mol. The van der Waals surface area contributed by atoms with E-state index in [4.69, 9.17) is 23.2 Å². The maximum atomic E-state index is 13.2. The molecule has 2 nitrogen and oxygen atoms in total. The molecule has 0 radical (unpaired) electrons. The average Bonchev–Trinajstić information content (AvgIpc) is 2.86. The Balaban J connectivity index is 0.00000306. The SMILES string of the molecule is O=C(N/C(=C/Cl)[P+](c1ccccc1)(c1ccccc1)c1ccccc1)c1ccc(Cl)cc1.[Cl-]. The maximum absolute atomic E-state index is 13.2. The van der Waals surface area contributed by atoms with E-state index in [0.29, 0.717) is 16.0 Å². The van der Waals surface area contributed by atoms with Gasteiger partial charge in [-0.25, -0.2) is 0 Å². The molecule has 0 saturated carbocycles. The normalized spacial score (nSPS) is 11.4. The van der Waals surface area contributed by atoms with Crippen molar-refractivity contribution in [3.63, 3.8) is 0 Å². The molecule has 4 aromatic rings. The first kappa shape index (κ1) is 25.0. The van der Waals surface area contributed by atoms with Gasteiger partial charge in [-0.1, -0.05) is 77.8 Å². The third-order valence-electron chi connectivity index (χ3n) is 5.24. The fourth-order valence-corrected chi connectivity index (χ4v) is 8.42. The van der Waals surface area contributed by atoms with Crippen LogP contribution in [-0.4, -0.2) is 5.91 Å².